The molecule has 1 saturated heterocycles. The second-order valence-electron chi connectivity index (χ2n) is 14.0. The fraction of sp³-hybridized carbons (Fsp3) is 0.526. The maximum absolute atomic E-state index is 14.0. The van der Waals surface area contributed by atoms with Gasteiger partial charge in [-0.2, -0.15) is 0 Å². The van der Waals surface area contributed by atoms with Crippen LogP contribution in [0.15, 0.2) is 60.7 Å². The van der Waals surface area contributed by atoms with Gasteiger partial charge in [-0.1, -0.05) is 55.5 Å². The fourth-order valence-corrected chi connectivity index (χ4v) is 5.68. The van der Waals surface area contributed by atoms with Crippen molar-refractivity contribution in [3.8, 4) is 0 Å². The highest BCUT2D eigenvalue weighted by Crippen LogP contribution is 2.21. The quantitative estimate of drug-likeness (QED) is 0.145. The number of carbonyl (C=O) groups is 6. The van der Waals surface area contributed by atoms with Crippen molar-refractivity contribution >= 4 is 35.8 Å². The summed E-state index contributed by atoms with van der Waals surface area (Å²) < 4.78 is 10.7. The van der Waals surface area contributed by atoms with Crippen LogP contribution >= 0.6 is 0 Å². The van der Waals surface area contributed by atoms with Crippen LogP contribution in [0.25, 0.3) is 0 Å². The fourth-order valence-electron chi connectivity index (χ4n) is 5.68. The van der Waals surface area contributed by atoms with Gasteiger partial charge in [-0.15, -0.1) is 0 Å². The molecule has 2 aromatic carbocycles. The van der Waals surface area contributed by atoms with Gasteiger partial charge in [-0.25, -0.2) is 14.4 Å². The van der Waals surface area contributed by atoms with Crippen molar-refractivity contribution in [2.45, 2.75) is 115 Å². The number of carboxylic acid groups (broad SMARTS) is 1. The van der Waals surface area contributed by atoms with Gasteiger partial charge in [-0.05, 0) is 90.3 Å². The zero-order valence-corrected chi connectivity index (χ0v) is 30.2. The topological polar surface area (TPSA) is 180 Å². The highest BCUT2D eigenvalue weighted by Gasteiger charge is 2.40. The lowest BCUT2D eigenvalue weighted by atomic mass is 9.94. The molecule has 4 atom stereocenters. The minimum Gasteiger partial charge on any atom is -0.480 e. The van der Waals surface area contributed by atoms with Gasteiger partial charge < -0.3 is 35.4 Å². The Balaban J connectivity index is 1.74. The second-order valence-corrected chi connectivity index (χ2v) is 14.0. The van der Waals surface area contributed by atoms with Crippen LogP contribution in [-0.2, 0) is 35.1 Å². The molecule has 0 bridgehead atoms. The summed E-state index contributed by atoms with van der Waals surface area (Å²) >= 11 is 0. The van der Waals surface area contributed by atoms with Crippen molar-refractivity contribution in [1.82, 2.24) is 20.9 Å². The molecule has 0 saturated carbocycles. The summed E-state index contributed by atoms with van der Waals surface area (Å²) in [4.78, 5) is 80.0. The minimum atomic E-state index is -1.51. The first-order valence-electron chi connectivity index (χ1n) is 17.6. The summed E-state index contributed by atoms with van der Waals surface area (Å²) in [6.45, 7) is 8.66. The number of carbonyl (C=O) groups excluding carboxylic acids is 5. The third-order valence-electron chi connectivity index (χ3n) is 8.70. The van der Waals surface area contributed by atoms with E-state index >= 15 is 0 Å². The van der Waals surface area contributed by atoms with E-state index < -0.39 is 65.0 Å². The van der Waals surface area contributed by atoms with Gasteiger partial charge in [0.25, 0.3) is 0 Å². The molecule has 0 spiro atoms. The molecular weight excluding hydrogens is 656 g/mol. The first kappa shape index (κ1) is 40.5. The van der Waals surface area contributed by atoms with Crippen LogP contribution in [0.1, 0.15) is 95.5 Å². The molecule has 2 aromatic rings. The number of benzene rings is 2. The number of unbranched alkanes of at least 4 members (excludes halogenated alkanes) is 1. The van der Waals surface area contributed by atoms with Crippen LogP contribution in [0.5, 0.6) is 0 Å². The maximum atomic E-state index is 14.0. The van der Waals surface area contributed by atoms with Crippen LogP contribution in [0.4, 0.5) is 4.79 Å². The average Bonchev–Trinajstić information content (AvgIpc) is 3.10. The molecule has 4 N–H and O–H groups in total. The smallest absolute Gasteiger partial charge is 0.408 e. The molecule has 1 heterocycles. The van der Waals surface area contributed by atoms with E-state index in [-0.39, 0.29) is 32.4 Å². The van der Waals surface area contributed by atoms with Crippen molar-refractivity contribution < 1.29 is 43.3 Å². The van der Waals surface area contributed by atoms with Gasteiger partial charge >= 0.3 is 18.0 Å². The number of nitrogens with one attached hydrogen (secondary N) is 3. The molecule has 4 amide bonds. The van der Waals surface area contributed by atoms with Crippen LogP contribution in [0.3, 0.4) is 0 Å². The van der Waals surface area contributed by atoms with Crippen molar-refractivity contribution in [3.05, 3.63) is 71.8 Å². The van der Waals surface area contributed by atoms with E-state index in [9.17, 15) is 33.9 Å². The molecule has 51 heavy (non-hydrogen) atoms. The normalized spacial score (nSPS) is 16.8. The lowest BCUT2D eigenvalue weighted by Crippen LogP contribution is -2.64. The molecule has 13 nitrogen and oxygen atoms in total. The van der Waals surface area contributed by atoms with Gasteiger partial charge in [0, 0.05) is 13.0 Å². The molecule has 1 aliphatic heterocycles. The lowest BCUT2D eigenvalue weighted by Gasteiger charge is -2.37. The Morgan fingerprint density at radius 3 is 2.14 bits per heavy atom. The number of likely N-dealkylation sites (tertiary alicyclic amines) is 1. The van der Waals surface area contributed by atoms with E-state index in [2.05, 4.69) is 16.0 Å². The van der Waals surface area contributed by atoms with Crippen LogP contribution < -0.4 is 16.0 Å². The molecule has 1 aliphatic rings. The first-order chi connectivity index (χ1) is 24.1. The van der Waals surface area contributed by atoms with Crippen LogP contribution in [0, 0.1) is 0 Å². The summed E-state index contributed by atoms with van der Waals surface area (Å²) in [5.41, 5.74) is -1.16. The minimum absolute atomic E-state index is 0.0974. The van der Waals surface area contributed by atoms with E-state index in [1.165, 1.54) is 11.8 Å². The largest absolute Gasteiger partial charge is 0.480 e. The number of aliphatic carboxylic acids is 1. The van der Waals surface area contributed by atoms with E-state index in [1.807, 2.05) is 18.2 Å². The predicted molar refractivity (Wildman–Crippen MR) is 190 cm³/mol. The van der Waals surface area contributed by atoms with Crippen LogP contribution in [0.2, 0.25) is 0 Å². The molecule has 0 aliphatic carbocycles. The number of ether oxygens (including phenoxy) is 2. The second kappa shape index (κ2) is 18.9. The number of amides is 4. The summed E-state index contributed by atoms with van der Waals surface area (Å²) in [6.07, 6.45) is 2.00. The number of rotatable bonds is 16. The summed E-state index contributed by atoms with van der Waals surface area (Å²) in [6, 6.07) is 14.4. The van der Waals surface area contributed by atoms with Crippen LogP contribution in [-0.4, -0.2) is 88.2 Å². The summed E-state index contributed by atoms with van der Waals surface area (Å²) in [5, 5.41) is 18.0. The van der Waals surface area contributed by atoms with Gasteiger partial charge in [0.2, 0.25) is 17.7 Å². The van der Waals surface area contributed by atoms with Gasteiger partial charge in [0.05, 0.1) is 12.2 Å². The number of nitrogens with zero attached hydrogens (tertiary/aromatic N) is 1. The van der Waals surface area contributed by atoms with Crippen molar-refractivity contribution in [3.63, 3.8) is 0 Å². The Morgan fingerprint density at radius 2 is 1.53 bits per heavy atom. The number of hydrogen-bond donors (Lipinski definition) is 4. The third kappa shape index (κ3) is 12.7. The Bertz CT molecular complexity index is 1500. The highest BCUT2D eigenvalue weighted by atomic mass is 16.6. The SMILES string of the molecule is CC[C@](C)(NC(=O)[C@H](CCCCOC(=O)c1ccccc1)NC(=O)OC(C)(C)C)C(=O)N[C@@H](Cc1ccccc1)C(=O)N1CCCC[C@@H]1C(=O)O. The highest BCUT2D eigenvalue weighted by molar-refractivity contribution is 5.97. The van der Waals surface area contributed by atoms with E-state index in [1.54, 1.807) is 70.2 Å². The van der Waals surface area contributed by atoms with Gasteiger partial charge in [0.1, 0.15) is 29.3 Å². The van der Waals surface area contributed by atoms with Gasteiger partial charge in [-0.3, -0.25) is 14.4 Å². The summed E-state index contributed by atoms with van der Waals surface area (Å²) in [7, 11) is 0. The maximum Gasteiger partial charge on any atom is 0.408 e. The van der Waals surface area contributed by atoms with E-state index in [0.717, 1.165) is 5.56 Å². The Morgan fingerprint density at radius 1 is 0.882 bits per heavy atom. The monoisotopic (exact) mass is 708 g/mol. The van der Waals surface area contributed by atoms with E-state index in [0.29, 0.717) is 37.7 Å². The Labute approximate surface area is 299 Å². The number of piperidine rings is 1. The molecule has 278 valence electrons. The third-order valence-corrected chi connectivity index (χ3v) is 8.70. The zero-order valence-electron chi connectivity index (χ0n) is 30.2. The molecule has 0 aromatic heterocycles. The Hall–Kier alpha value is -4.94. The van der Waals surface area contributed by atoms with Crippen molar-refractivity contribution in [2.24, 2.45) is 0 Å². The number of hydrogen-bond acceptors (Lipinski definition) is 8. The number of carboxylic acids is 1. The molecular formula is C38H52N4O9. The van der Waals surface area contributed by atoms with Gasteiger partial charge in [0.15, 0.2) is 0 Å². The molecule has 13 heteroatoms. The molecule has 0 radical (unpaired) electrons. The molecule has 3 rings (SSSR count). The Kier molecular flexibility index (Phi) is 15.0. The lowest BCUT2D eigenvalue weighted by molar-refractivity contribution is -0.153. The number of esters is 1. The first-order valence-corrected chi connectivity index (χ1v) is 17.6. The van der Waals surface area contributed by atoms with E-state index in [4.69, 9.17) is 9.47 Å². The van der Waals surface area contributed by atoms with Crippen molar-refractivity contribution in [1.29, 1.82) is 0 Å². The predicted octanol–water partition coefficient (Wildman–Crippen LogP) is 4.39. The summed E-state index contributed by atoms with van der Waals surface area (Å²) in [5.74, 6) is -3.36. The molecule has 0 unspecified atom stereocenters. The zero-order chi connectivity index (χ0) is 37.6. The molecule has 1 fully saturated rings. The standard InChI is InChI=1S/C38H52N4O9/c1-6-38(5,35(48)39-29(25-26-17-9-7-10-18-26)32(44)42-23-15-13-22-30(42)33(45)46)41-31(43)28(40-36(49)51-37(2,3)4)21-14-16-24-50-34(47)27-19-11-8-12-20-27/h7-12,17-20,28-30H,6,13-16,21-25H2,1-5H3,(H,39,48)(H,40,49)(H,41,43)(H,45,46)/t28-,29-,30+,38-/m0/s1. The average molecular weight is 709 g/mol. The number of alkyl carbamates (subject to hydrolysis) is 1. The van der Waals surface area contributed by atoms with Crippen molar-refractivity contribution in [2.75, 3.05) is 13.2 Å².